The van der Waals surface area contributed by atoms with Crippen LogP contribution in [0.15, 0.2) is 24.4 Å². The van der Waals surface area contributed by atoms with Gasteiger partial charge in [-0.3, -0.25) is 0 Å². The lowest BCUT2D eigenvalue weighted by atomic mass is 10.2. The fourth-order valence-corrected chi connectivity index (χ4v) is 1.78. The monoisotopic (exact) mass is 233 g/mol. The van der Waals surface area contributed by atoms with Crippen LogP contribution in [-0.2, 0) is 6.61 Å². The summed E-state index contributed by atoms with van der Waals surface area (Å²) in [5.41, 5.74) is 1.88. The molecule has 0 atom stereocenters. The Hall–Kier alpha value is -1.75. The lowest BCUT2D eigenvalue weighted by molar-refractivity contribution is 0.275. The number of rotatable bonds is 3. The van der Waals surface area contributed by atoms with Gasteiger partial charge in [0.25, 0.3) is 0 Å². The van der Waals surface area contributed by atoms with E-state index in [-0.39, 0.29) is 12.2 Å². The van der Waals surface area contributed by atoms with E-state index < -0.39 is 5.82 Å². The molecule has 5 heteroatoms. The minimum Gasteiger partial charge on any atom is -0.392 e. The molecule has 17 heavy (non-hydrogen) atoms. The Labute approximate surface area is 97.7 Å². The molecule has 1 fully saturated rings. The molecule has 4 nitrogen and oxygen atoms in total. The summed E-state index contributed by atoms with van der Waals surface area (Å²) in [5, 5.41) is 16.9. The van der Waals surface area contributed by atoms with E-state index >= 15 is 0 Å². The van der Waals surface area contributed by atoms with Crippen molar-refractivity contribution in [2.45, 2.75) is 25.4 Å². The number of aliphatic hydroxyl groups is 1. The van der Waals surface area contributed by atoms with Gasteiger partial charge in [-0.25, -0.2) is 9.07 Å². The van der Waals surface area contributed by atoms with Gasteiger partial charge in [0.1, 0.15) is 5.82 Å². The highest BCUT2D eigenvalue weighted by Gasteiger charge is 2.26. The van der Waals surface area contributed by atoms with Crippen LogP contribution >= 0.6 is 0 Å². The van der Waals surface area contributed by atoms with Gasteiger partial charge in [0.2, 0.25) is 0 Å². The van der Waals surface area contributed by atoms with Crippen molar-refractivity contribution in [1.29, 1.82) is 0 Å². The first-order valence-corrected chi connectivity index (χ1v) is 5.60. The van der Waals surface area contributed by atoms with Gasteiger partial charge in [-0.1, -0.05) is 11.3 Å². The van der Waals surface area contributed by atoms with Crippen LogP contribution in [0.25, 0.3) is 5.69 Å². The van der Waals surface area contributed by atoms with Crippen molar-refractivity contribution >= 4 is 0 Å². The summed E-state index contributed by atoms with van der Waals surface area (Å²) in [5.74, 6) is 0.110. The highest BCUT2D eigenvalue weighted by atomic mass is 19.1. The Kier molecular flexibility index (Phi) is 2.40. The highest BCUT2D eigenvalue weighted by molar-refractivity contribution is 5.35. The van der Waals surface area contributed by atoms with Crippen LogP contribution in [0.4, 0.5) is 4.39 Å². The molecule has 1 aliphatic rings. The summed E-state index contributed by atoms with van der Waals surface area (Å²) in [6.07, 6.45) is 4.16. The molecule has 88 valence electrons. The third-order valence-corrected chi connectivity index (χ3v) is 2.98. The lowest BCUT2D eigenvalue weighted by Gasteiger charge is -2.03. The largest absolute Gasteiger partial charge is 0.392 e. The van der Waals surface area contributed by atoms with Crippen LogP contribution in [0.2, 0.25) is 0 Å². The van der Waals surface area contributed by atoms with Crippen molar-refractivity contribution in [3.05, 3.63) is 41.5 Å². The van der Waals surface area contributed by atoms with Crippen molar-refractivity contribution in [2.24, 2.45) is 0 Å². The lowest BCUT2D eigenvalue weighted by Crippen LogP contribution is -1.98. The molecule has 1 aromatic carbocycles. The summed E-state index contributed by atoms with van der Waals surface area (Å²) in [6.45, 7) is -0.295. The molecule has 1 heterocycles. The molecule has 0 saturated heterocycles. The fourth-order valence-electron chi connectivity index (χ4n) is 1.78. The number of halogens is 1. The second kappa shape index (κ2) is 3.92. The molecule has 2 aromatic rings. The van der Waals surface area contributed by atoms with Crippen molar-refractivity contribution in [2.75, 3.05) is 0 Å². The SMILES string of the molecule is OCc1ccc(-n2cc(C3CC3)nn2)cc1F. The number of aromatic nitrogens is 3. The van der Waals surface area contributed by atoms with Gasteiger partial charge in [0.15, 0.2) is 0 Å². The molecular weight excluding hydrogens is 221 g/mol. The Morgan fingerprint density at radius 1 is 1.41 bits per heavy atom. The number of aliphatic hydroxyl groups excluding tert-OH is 1. The fraction of sp³-hybridized carbons (Fsp3) is 0.333. The number of benzene rings is 1. The Bertz CT molecular complexity index is 548. The third-order valence-electron chi connectivity index (χ3n) is 2.98. The average molecular weight is 233 g/mol. The maximum absolute atomic E-state index is 13.5. The summed E-state index contributed by atoms with van der Waals surface area (Å²) in [4.78, 5) is 0. The second-order valence-electron chi connectivity index (χ2n) is 4.30. The maximum Gasteiger partial charge on any atom is 0.130 e. The molecular formula is C12H12FN3O. The van der Waals surface area contributed by atoms with Gasteiger partial charge >= 0.3 is 0 Å². The molecule has 0 aliphatic heterocycles. The van der Waals surface area contributed by atoms with E-state index in [0.29, 0.717) is 11.6 Å². The Morgan fingerprint density at radius 2 is 2.24 bits per heavy atom. The molecule has 1 aliphatic carbocycles. The number of nitrogens with zero attached hydrogens (tertiary/aromatic N) is 3. The smallest absolute Gasteiger partial charge is 0.130 e. The second-order valence-corrected chi connectivity index (χ2v) is 4.30. The van der Waals surface area contributed by atoms with Gasteiger partial charge < -0.3 is 5.11 Å². The van der Waals surface area contributed by atoms with Crippen LogP contribution in [0.5, 0.6) is 0 Å². The van der Waals surface area contributed by atoms with Crippen molar-refractivity contribution in [3.8, 4) is 5.69 Å². The predicted molar refractivity (Wildman–Crippen MR) is 59.2 cm³/mol. The van der Waals surface area contributed by atoms with Gasteiger partial charge in [-0.15, -0.1) is 5.10 Å². The van der Waals surface area contributed by atoms with Gasteiger partial charge in [0.05, 0.1) is 24.2 Å². The molecule has 3 rings (SSSR count). The van der Waals surface area contributed by atoms with E-state index in [1.165, 1.54) is 6.07 Å². The molecule has 0 amide bonds. The van der Waals surface area contributed by atoms with Crippen LogP contribution in [0, 0.1) is 5.82 Å². The first-order valence-electron chi connectivity index (χ1n) is 5.60. The zero-order valence-corrected chi connectivity index (χ0v) is 9.17. The summed E-state index contributed by atoms with van der Waals surface area (Å²) in [7, 11) is 0. The van der Waals surface area contributed by atoms with E-state index in [9.17, 15) is 4.39 Å². The van der Waals surface area contributed by atoms with E-state index in [1.807, 2.05) is 6.20 Å². The van der Waals surface area contributed by atoms with Crippen LogP contribution < -0.4 is 0 Å². The van der Waals surface area contributed by atoms with E-state index in [2.05, 4.69) is 10.3 Å². The molecule has 0 spiro atoms. The predicted octanol–water partition coefficient (Wildman–Crippen LogP) is 1.78. The van der Waals surface area contributed by atoms with Gasteiger partial charge in [-0.05, 0) is 25.0 Å². The minimum absolute atomic E-state index is 0.288. The molecule has 1 saturated carbocycles. The van der Waals surface area contributed by atoms with E-state index in [1.54, 1.807) is 16.8 Å². The summed E-state index contributed by atoms with van der Waals surface area (Å²) >= 11 is 0. The number of hydrogen-bond acceptors (Lipinski definition) is 3. The topological polar surface area (TPSA) is 50.9 Å². The number of hydrogen-bond donors (Lipinski definition) is 1. The van der Waals surface area contributed by atoms with Crippen LogP contribution in [0.3, 0.4) is 0 Å². The van der Waals surface area contributed by atoms with Crippen LogP contribution in [-0.4, -0.2) is 20.1 Å². The molecule has 0 radical (unpaired) electrons. The Morgan fingerprint density at radius 3 is 2.88 bits per heavy atom. The van der Waals surface area contributed by atoms with E-state index in [0.717, 1.165) is 18.5 Å². The van der Waals surface area contributed by atoms with Gasteiger partial charge in [0, 0.05) is 11.5 Å². The summed E-state index contributed by atoms with van der Waals surface area (Å²) < 4.78 is 15.1. The summed E-state index contributed by atoms with van der Waals surface area (Å²) in [6, 6.07) is 4.64. The van der Waals surface area contributed by atoms with Crippen molar-refractivity contribution in [1.82, 2.24) is 15.0 Å². The minimum atomic E-state index is -0.423. The quantitative estimate of drug-likeness (QED) is 0.879. The average Bonchev–Trinajstić information content (AvgIpc) is 3.07. The highest BCUT2D eigenvalue weighted by Crippen LogP contribution is 2.38. The first kappa shape index (κ1) is 10.4. The molecule has 0 bridgehead atoms. The standard InChI is InChI=1S/C12H12FN3O/c13-11-5-10(4-3-9(11)7-17)16-6-12(14-15-16)8-1-2-8/h3-6,8,17H,1-2,7H2. The van der Waals surface area contributed by atoms with Crippen LogP contribution in [0.1, 0.15) is 30.0 Å². The first-order chi connectivity index (χ1) is 8.28. The molecule has 1 aromatic heterocycles. The van der Waals surface area contributed by atoms with Crippen molar-refractivity contribution < 1.29 is 9.50 Å². The van der Waals surface area contributed by atoms with E-state index in [4.69, 9.17) is 5.11 Å². The Balaban J connectivity index is 1.93. The zero-order chi connectivity index (χ0) is 11.8. The maximum atomic E-state index is 13.5. The third kappa shape index (κ3) is 1.93. The zero-order valence-electron chi connectivity index (χ0n) is 9.17. The van der Waals surface area contributed by atoms with Crippen molar-refractivity contribution in [3.63, 3.8) is 0 Å². The molecule has 0 unspecified atom stereocenters. The van der Waals surface area contributed by atoms with Gasteiger partial charge in [-0.2, -0.15) is 0 Å². The molecule has 1 N–H and O–H groups in total. The normalized spacial score (nSPS) is 15.2.